The Hall–Kier alpha value is -0.710. The van der Waals surface area contributed by atoms with E-state index < -0.39 is 24.5 Å². The minimum absolute atomic E-state index is 0.0162. The Labute approximate surface area is 99.5 Å². The molecule has 0 spiro atoms. The zero-order chi connectivity index (χ0) is 13.9. The van der Waals surface area contributed by atoms with Gasteiger partial charge in [0, 0.05) is 0 Å². The SMILES string of the molecule is CC/C(=C(/F)C(=O)O)C(CC)(CC)P(=O)(O)O. The van der Waals surface area contributed by atoms with Gasteiger partial charge in [-0.3, -0.25) is 4.57 Å². The zero-order valence-corrected chi connectivity index (χ0v) is 11.0. The number of hydrogen-bond acceptors (Lipinski definition) is 2. The predicted octanol–water partition coefficient (Wildman–Crippen LogP) is 2.44. The third kappa shape index (κ3) is 2.94. The Bertz CT molecular complexity index is 367. The second kappa shape index (κ2) is 5.76. The fourth-order valence-corrected chi connectivity index (χ4v) is 3.51. The van der Waals surface area contributed by atoms with E-state index in [4.69, 9.17) is 5.11 Å². The number of carboxylic acids is 1. The summed E-state index contributed by atoms with van der Waals surface area (Å²) in [6.45, 7) is 4.49. The van der Waals surface area contributed by atoms with Crippen molar-refractivity contribution < 1.29 is 28.6 Å². The van der Waals surface area contributed by atoms with E-state index in [0.29, 0.717) is 0 Å². The van der Waals surface area contributed by atoms with Gasteiger partial charge in [-0.05, 0) is 24.8 Å². The lowest BCUT2D eigenvalue weighted by atomic mass is 9.89. The number of rotatable bonds is 6. The van der Waals surface area contributed by atoms with Crippen molar-refractivity contribution in [3.8, 4) is 0 Å². The second-order valence-electron chi connectivity index (χ2n) is 3.73. The van der Waals surface area contributed by atoms with Crippen LogP contribution >= 0.6 is 7.60 Å². The molecule has 5 nitrogen and oxygen atoms in total. The summed E-state index contributed by atoms with van der Waals surface area (Å²) >= 11 is 0. The summed E-state index contributed by atoms with van der Waals surface area (Å²) in [5.74, 6) is -3.25. The van der Waals surface area contributed by atoms with Crippen LogP contribution in [-0.2, 0) is 9.36 Å². The fraction of sp³-hybridized carbons (Fsp3) is 0.700. The zero-order valence-electron chi connectivity index (χ0n) is 10.1. The second-order valence-corrected chi connectivity index (χ2v) is 5.68. The Kier molecular flexibility index (Phi) is 5.52. The van der Waals surface area contributed by atoms with E-state index in [1.54, 1.807) is 0 Å². The first-order valence-electron chi connectivity index (χ1n) is 5.35. The van der Waals surface area contributed by atoms with Crippen LogP contribution in [0.3, 0.4) is 0 Å². The van der Waals surface area contributed by atoms with Crippen molar-refractivity contribution in [1.29, 1.82) is 0 Å². The van der Waals surface area contributed by atoms with Crippen molar-refractivity contribution in [2.45, 2.75) is 45.2 Å². The molecule has 0 unspecified atom stereocenters. The molecule has 0 fully saturated rings. The van der Waals surface area contributed by atoms with E-state index in [9.17, 15) is 23.5 Å². The highest BCUT2D eigenvalue weighted by atomic mass is 31.2. The molecule has 0 saturated heterocycles. The average molecular weight is 268 g/mol. The lowest BCUT2D eigenvalue weighted by molar-refractivity contribution is -0.134. The molecule has 0 amide bonds. The normalized spacial score (nSPS) is 14.5. The third-order valence-corrected chi connectivity index (χ3v) is 5.11. The number of carboxylic acid groups (broad SMARTS) is 1. The lowest BCUT2D eigenvalue weighted by Crippen LogP contribution is -2.31. The van der Waals surface area contributed by atoms with Crippen LogP contribution in [0.25, 0.3) is 0 Å². The topological polar surface area (TPSA) is 94.8 Å². The number of carbonyl (C=O) groups is 1. The Morgan fingerprint density at radius 3 is 1.82 bits per heavy atom. The first-order chi connectivity index (χ1) is 7.67. The number of aliphatic carboxylic acids is 1. The molecule has 0 bridgehead atoms. The number of halogens is 1. The summed E-state index contributed by atoms with van der Waals surface area (Å²) < 4.78 is 25.1. The van der Waals surface area contributed by atoms with Crippen LogP contribution in [-0.4, -0.2) is 26.0 Å². The first kappa shape index (κ1) is 16.3. The first-order valence-corrected chi connectivity index (χ1v) is 6.97. The monoisotopic (exact) mass is 268 g/mol. The van der Waals surface area contributed by atoms with Crippen molar-refractivity contribution >= 4 is 13.6 Å². The highest BCUT2D eigenvalue weighted by molar-refractivity contribution is 7.53. The van der Waals surface area contributed by atoms with Gasteiger partial charge in [0.05, 0.1) is 5.16 Å². The molecule has 0 aliphatic heterocycles. The predicted molar refractivity (Wildman–Crippen MR) is 61.4 cm³/mol. The van der Waals surface area contributed by atoms with Gasteiger partial charge in [-0.25, -0.2) is 4.79 Å². The van der Waals surface area contributed by atoms with Gasteiger partial charge in [0.1, 0.15) is 0 Å². The van der Waals surface area contributed by atoms with E-state index in [-0.39, 0.29) is 24.8 Å². The maximum Gasteiger partial charge on any atom is 0.364 e. The molecule has 17 heavy (non-hydrogen) atoms. The third-order valence-electron chi connectivity index (χ3n) is 3.10. The van der Waals surface area contributed by atoms with E-state index in [1.807, 2.05) is 0 Å². The van der Waals surface area contributed by atoms with E-state index >= 15 is 0 Å². The molecular weight excluding hydrogens is 250 g/mol. The van der Waals surface area contributed by atoms with Gasteiger partial charge in [-0.15, -0.1) is 0 Å². The molecule has 0 aromatic heterocycles. The molecule has 100 valence electrons. The van der Waals surface area contributed by atoms with E-state index in [2.05, 4.69) is 0 Å². The van der Waals surface area contributed by atoms with Crippen LogP contribution in [0.15, 0.2) is 11.4 Å². The number of allylic oxidation sites excluding steroid dienone is 1. The Morgan fingerprint density at radius 2 is 1.65 bits per heavy atom. The fourth-order valence-electron chi connectivity index (χ4n) is 2.08. The standard InChI is InChI=1S/C10H18FO5P/c1-4-7(8(11)9(12)13)10(5-2,6-3)17(14,15)16/h4-6H2,1-3H3,(H,12,13)(H2,14,15,16)/b8-7-. The summed E-state index contributed by atoms with van der Waals surface area (Å²) in [6.07, 6.45) is -0.0831. The van der Waals surface area contributed by atoms with Crippen LogP contribution in [0, 0.1) is 0 Å². The molecule has 0 saturated carbocycles. The maximum absolute atomic E-state index is 13.5. The minimum atomic E-state index is -4.63. The van der Waals surface area contributed by atoms with Gasteiger partial charge in [0.2, 0.25) is 5.83 Å². The summed E-state index contributed by atoms with van der Waals surface area (Å²) in [5.41, 5.74) is -0.316. The smallest absolute Gasteiger partial charge is 0.364 e. The molecule has 0 rings (SSSR count). The molecule has 7 heteroatoms. The summed E-state index contributed by atoms with van der Waals surface area (Å²) in [5, 5.41) is 6.90. The van der Waals surface area contributed by atoms with Gasteiger partial charge in [-0.2, -0.15) is 4.39 Å². The van der Waals surface area contributed by atoms with Crippen LogP contribution < -0.4 is 0 Å². The summed E-state index contributed by atoms with van der Waals surface area (Å²) in [7, 11) is -4.63. The van der Waals surface area contributed by atoms with Crippen molar-refractivity contribution in [3.05, 3.63) is 11.4 Å². The highest BCUT2D eigenvalue weighted by Gasteiger charge is 2.48. The molecule has 0 atom stereocenters. The van der Waals surface area contributed by atoms with Gasteiger partial charge >= 0.3 is 13.6 Å². The van der Waals surface area contributed by atoms with E-state index in [0.717, 1.165) is 0 Å². The van der Waals surface area contributed by atoms with Crippen LogP contribution in [0.1, 0.15) is 40.0 Å². The molecule has 0 heterocycles. The van der Waals surface area contributed by atoms with Crippen LogP contribution in [0.4, 0.5) is 4.39 Å². The summed E-state index contributed by atoms with van der Waals surface area (Å²) in [6, 6.07) is 0. The highest BCUT2D eigenvalue weighted by Crippen LogP contribution is 2.59. The van der Waals surface area contributed by atoms with Crippen molar-refractivity contribution in [2.75, 3.05) is 0 Å². The van der Waals surface area contributed by atoms with Crippen molar-refractivity contribution in [1.82, 2.24) is 0 Å². The lowest BCUT2D eigenvalue weighted by Gasteiger charge is -2.34. The van der Waals surface area contributed by atoms with E-state index in [1.165, 1.54) is 20.8 Å². The molecule has 0 aromatic rings. The van der Waals surface area contributed by atoms with Gasteiger partial charge in [-0.1, -0.05) is 20.8 Å². The Morgan fingerprint density at radius 1 is 1.24 bits per heavy atom. The van der Waals surface area contributed by atoms with Gasteiger partial charge in [0.25, 0.3) is 0 Å². The van der Waals surface area contributed by atoms with Crippen molar-refractivity contribution in [2.24, 2.45) is 0 Å². The van der Waals surface area contributed by atoms with Crippen molar-refractivity contribution in [3.63, 3.8) is 0 Å². The van der Waals surface area contributed by atoms with Crippen LogP contribution in [0.2, 0.25) is 0 Å². The molecular formula is C10H18FO5P. The molecule has 0 aromatic carbocycles. The minimum Gasteiger partial charge on any atom is -0.476 e. The maximum atomic E-state index is 13.5. The average Bonchev–Trinajstić information content (AvgIpc) is 2.23. The Balaban J connectivity index is 6.03. The molecule has 0 radical (unpaired) electrons. The van der Waals surface area contributed by atoms with Gasteiger partial charge < -0.3 is 14.9 Å². The molecule has 0 aliphatic carbocycles. The number of hydrogen-bond donors (Lipinski definition) is 3. The van der Waals surface area contributed by atoms with Gasteiger partial charge in [0.15, 0.2) is 0 Å². The van der Waals surface area contributed by atoms with Crippen LogP contribution in [0.5, 0.6) is 0 Å². The molecule has 3 N–H and O–H groups in total. The molecule has 0 aliphatic rings. The summed E-state index contributed by atoms with van der Waals surface area (Å²) in [4.78, 5) is 29.4. The quantitative estimate of drug-likeness (QED) is 0.508. The largest absolute Gasteiger partial charge is 0.476 e.